The smallest absolute Gasteiger partial charge is 0.192 e. The average Bonchev–Trinajstić information content (AvgIpc) is 2.95. The van der Waals surface area contributed by atoms with Gasteiger partial charge in [0.2, 0.25) is 0 Å². The molecule has 0 aromatic heterocycles. The lowest BCUT2D eigenvalue weighted by Gasteiger charge is -2.37. The fourth-order valence-corrected chi connectivity index (χ4v) is 3.41. The van der Waals surface area contributed by atoms with Crippen LogP contribution < -0.4 is 10.5 Å². The SMILES string of the molecule is CCCN1C(N)=NCC12CCc1ccc(OC)cc12. The summed E-state index contributed by atoms with van der Waals surface area (Å²) in [4.78, 5) is 6.80. The summed E-state index contributed by atoms with van der Waals surface area (Å²) in [5.41, 5.74) is 8.83. The third-order valence-electron chi connectivity index (χ3n) is 4.37. The molecule has 1 aromatic rings. The zero-order valence-corrected chi connectivity index (χ0v) is 11.6. The molecule has 2 aliphatic rings. The Balaban J connectivity index is 2.04. The van der Waals surface area contributed by atoms with Gasteiger partial charge in [0.15, 0.2) is 5.96 Å². The second-order valence-electron chi connectivity index (χ2n) is 5.38. The molecule has 0 saturated heterocycles. The fourth-order valence-electron chi connectivity index (χ4n) is 3.41. The van der Waals surface area contributed by atoms with E-state index in [0.29, 0.717) is 5.96 Å². The third kappa shape index (κ3) is 1.70. The first kappa shape index (κ1) is 12.3. The van der Waals surface area contributed by atoms with Crippen LogP contribution >= 0.6 is 0 Å². The van der Waals surface area contributed by atoms with Crippen molar-refractivity contribution in [3.8, 4) is 5.75 Å². The van der Waals surface area contributed by atoms with Gasteiger partial charge in [-0.05, 0) is 42.5 Å². The van der Waals surface area contributed by atoms with Crippen molar-refractivity contribution in [2.45, 2.75) is 31.7 Å². The number of benzene rings is 1. The molecule has 1 heterocycles. The number of nitrogens with zero attached hydrogens (tertiary/aromatic N) is 2. The number of ether oxygens (including phenoxy) is 1. The maximum Gasteiger partial charge on any atom is 0.192 e. The van der Waals surface area contributed by atoms with Crippen LogP contribution in [0.15, 0.2) is 23.2 Å². The van der Waals surface area contributed by atoms with Gasteiger partial charge < -0.3 is 15.4 Å². The van der Waals surface area contributed by atoms with Crippen molar-refractivity contribution >= 4 is 5.96 Å². The number of rotatable bonds is 3. The lowest BCUT2D eigenvalue weighted by Crippen LogP contribution is -2.48. The maximum atomic E-state index is 6.09. The van der Waals surface area contributed by atoms with E-state index in [1.807, 2.05) is 6.07 Å². The highest BCUT2D eigenvalue weighted by molar-refractivity contribution is 5.81. The molecule has 0 bridgehead atoms. The third-order valence-corrected chi connectivity index (χ3v) is 4.37. The van der Waals surface area contributed by atoms with Crippen LogP contribution in [0.4, 0.5) is 0 Å². The molecular formula is C15H21N3O. The second kappa shape index (κ2) is 4.44. The first-order valence-corrected chi connectivity index (χ1v) is 6.96. The minimum absolute atomic E-state index is 0.0238. The molecule has 0 amide bonds. The number of fused-ring (bicyclic) bond motifs is 2. The van der Waals surface area contributed by atoms with Crippen LogP contribution in [0.5, 0.6) is 5.75 Å². The van der Waals surface area contributed by atoms with E-state index in [2.05, 4.69) is 28.9 Å². The van der Waals surface area contributed by atoms with Gasteiger partial charge in [0, 0.05) is 6.54 Å². The Morgan fingerprint density at radius 1 is 1.47 bits per heavy atom. The molecule has 2 N–H and O–H groups in total. The van der Waals surface area contributed by atoms with Crippen molar-refractivity contribution in [1.29, 1.82) is 0 Å². The Kier molecular flexibility index (Phi) is 2.88. The highest BCUT2D eigenvalue weighted by atomic mass is 16.5. The predicted molar refractivity (Wildman–Crippen MR) is 76.5 cm³/mol. The minimum atomic E-state index is -0.0238. The molecule has 1 unspecified atom stereocenters. The van der Waals surface area contributed by atoms with Gasteiger partial charge in [-0.3, -0.25) is 4.99 Å². The average molecular weight is 259 g/mol. The van der Waals surface area contributed by atoms with Crippen molar-refractivity contribution in [2.75, 3.05) is 20.2 Å². The van der Waals surface area contributed by atoms with Crippen molar-refractivity contribution in [2.24, 2.45) is 10.7 Å². The van der Waals surface area contributed by atoms with E-state index in [9.17, 15) is 0 Å². The van der Waals surface area contributed by atoms with E-state index < -0.39 is 0 Å². The molecule has 1 spiro atoms. The zero-order valence-electron chi connectivity index (χ0n) is 11.6. The molecular weight excluding hydrogens is 238 g/mol. The molecule has 0 fully saturated rings. The summed E-state index contributed by atoms with van der Waals surface area (Å²) in [6.45, 7) is 3.92. The van der Waals surface area contributed by atoms with Crippen LogP contribution in [0.25, 0.3) is 0 Å². The van der Waals surface area contributed by atoms with Gasteiger partial charge in [-0.2, -0.15) is 0 Å². The highest BCUT2D eigenvalue weighted by Crippen LogP contribution is 2.45. The standard InChI is InChI=1S/C15H21N3O/c1-3-8-18-14(16)17-10-15(18)7-6-11-4-5-12(19-2)9-13(11)15/h4-5,9H,3,6-8,10H2,1-2H3,(H2,16,17). The molecule has 4 nitrogen and oxygen atoms in total. The number of hydrogen-bond donors (Lipinski definition) is 1. The lowest BCUT2D eigenvalue weighted by molar-refractivity contribution is 0.201. The number of nitrogens with two attached hydrogens (primary N) is 1. The van der Waals surface area contributed by atoms with Crippen LogP contribution in [0, 0.1) is 0 Å². The molecule has 0 saturated carbocycles. The Hall–Kier alpha value is -1.71. The highest BCUT2D eigenvalue weighted by Gasteiger charge is 2.47. The summed E-state index contributed by atoms with van der Waals surface area (Å²) in [6, 6.07) is 6.39. The topological polar surface area (TPSA) is 50.8 Å². The zero-order chi connectivity index (χ0) is 13.5. The first-order valence-electron chi connectivity index (χ1n) is 6.96. The van der Waals surface area contributed by atoms with Crippen LogP contribution in [0.2, 0.25) is 0 Å². The maximum absolute atomic E-state index is 6.09. The molecule has 3 rings (SSSR count). The first-order chi connectivity index (χ1) is 9.21. The van der Waals surface area contributed by atoms with Gasteiger partial charge >= 0.3 is 0 Å². The number of guanidine groups is 1. The normalized spacial score (nSPS) is 24.7. The Morgan fingerprint density at radius 2 is 2.32 bits per heavy atom. The monoisotopic (exact) mass is 259 g/mol. The van der Waals surface area contributed by atoms with Crippen molar-refractivity contribution < 1.29 is 4.74 Å². The number of aryl methyl sites for hydroxylation is 1. The van der Waals surface area contributed by atoms with Crippen molar-refractivity contribution in [1.82, 2.24) is 4.90 Å². The number of hydrogen-bond acceptors (Lipinski definition) is 4. The Labute approximate surface area is 114 Å². The molecule has 19 heavy (non-hydrogen) atoms. The van der Waals surface area contributed by atoms with E-state index in [-0.39, 0.29) is 5.54 Å². The van der Waals surface area contributed by atoms with Crippen LogP contribution in [0.3, 0.4) is 0 Å². The predicted octanol–water partition coefficient (Wildman–Crippen LogP) is 1.88. The largest absolute Gasteiger partial charge is 0.497 e. The van der Waals surface area contributed by atoms with Gasteiger partial charge in [-0.15, -0.1) is 0 Å². The van der Waals surface area contributed by atoms with Gasteiger partial charge in [0.25, 0.3) is 0 Å². The number of methoxy groups -OCH3 is 1. The Morgan fingerprint density at radius 3 is 3.05 bits per heavy atom. The molecule has 0 radical (unpaired) electrons. The summed E-state index contributed by atoms with van der Waals surface area (Å²) in [5, 5.41) is 0. The van der Waals surface area contributed by atoms with Gasteiger partial charge in [0.1, 0.15) is 5.75 Å². The van der Waals surface area contributed by atoms with E-state index in [1.165, 1.54) is 11.1 Å². The van der Waals surface area contributed by atoms with Gasteiger partial charge in [-0.25, -0.2) is 0 Å². The van der Waals surface area contributed by atoms with Crippen LogP contribution in [0.1, 0.15) is 30.9 Å². The van der Waals surface area contributed by atoms with E-state index in [1.54, 1.807) is 7.11 Å². The summed E-state index contributed by atoms with van der Waals surface area (Å²) in [6.07, 6.45) is 3.28. The molecule has 1 aromatic carbocycles. The summed E-state index contributed by atoms with van der Waals surface area (Å²) >= 11 is 0. The quantitative estimate of drug-likeness (QED) is 0.901. The number of aliphatic imine (C=N–C) groups is 1. The fraction of sp³-hybridized carbons (Fsp3) is 0.533. The van der Waals surface area contributed by atoms with E-state index in [4.69, 9.17) is 10.5 Å². The molecule has 4 heteroatoms. The van der Waals surface area contributed by atoms with Crippen LogP contribution in [-0.2, 0) is 12.0 Å². The Bertz CT molecular complexity index is 526. The van der Waals surface area contributed by atoms with Gasteiger partial charge in [-0.1, -0.05) is 13.0 Å². The summed E-state index contributed by atoms with van der Waals surface area (Å²) < 4.78 is 5.38. The molecule has 1 aliphatic heterocycles. The molecule has 1 atom stereocenters. The van der Waals surface area contributed by atoms with Crippen molar-refractivity contribution in [3.63, 3.8) is 0 Å². The second-order valence-corrected chi connectivity index (χ2v) is 5.38. The summed E-state index contributed by atoms with van der Waals surface area (Å²) in [7, 11) is 1.71. The lowest BCUT2D eigenvalue weighted by atomic mass is 9.90. The van der Waals surface area contributed by atoms with Gasteiger partial charge in [0.05, 0.1) is 19.2 Å². The molecule has 1 aliphatic carbocycles. The van der Waals surface area contributed by atoms with Crippen molar-refractivity contribution in [3.05, 3.63) is 29.3 Å². The van der Waals surface area contributed by atoms with E-state index >= 15 is 0 Å². The summed E-state index contributed by atoms with van der Waals surface area (Å²) in [5.74, 6) is 1.61. The minimum Gasteiger partial charge on any atom is -0.497 e. The molecule has 102 valence electrons. The van der Waals surface area contributed by atoms with Crippen LogP contribution in [-0.4, -0.2) is 31.1 Å². The van der Waals surface area contributed by atoms with E-state index in [0.717, 1.165) is 38.1 Å².